The summed E-state index contributed by atoms with van der Waals surface area (Å²) in [5, 5.41) is 13.1. The van der Waals surface area contributed by atoms with Gasteiger partial charge < -0.3 is 28.6 Å². The number of nitrogens with zero attached hydrogens (tertiary/aromatic N) is 8. The smallest absolute Gasteiger partial charge is 0.350 e. The Morgan fingerprint density at radius 3 is 2.18 bits per heavy atom. The average molecular weight is 733 g/mol. The fraction of sp³-hybridized carbons (Fsp3) is 0.389. The van der Waals surface area contributed by atoms with E-state index in [1.165, 1.54) is 11.0 Å². The lowest BCUT2D eigenvalue weighted by Crippen LogP contribution is -2.46. The molecule has 51 heavy (non-hydrogen) atoms. The van der Waals surface area contributed by atoms with Crippen LogP contribution in [0.4, 0.5) is 11.4 Å². The van der Waals surface area contributed by atoms with Crippen LogP contribution in [0.3, 0.4) is 0 Å². The Labute approximate surface area is 303 Å². The topological polar surface area (TPSA) is 122 Å². The third-order valence-electron chi connectivity index (χ3n) is 9.45. The summed E-state index contributed by atoms with van der Waals surface area (Å²) in [6, 6.07) is 23.4. The predicted octanol–water partition coefficient (Wildman–Crippen LogP) is 4.57. The largest absolute Gasteiger partial charge is 0.491 e. The molecule has 2 aliphatic heterocycles. The van der Waals surface area contributed by atoms with E-state index < -0.39 is 16.6 Å². The molecule has 7 rings (SSSR count). The Balaban J connectivity index is 0.925. The van der Waals surface area contributed by atoms with Crippen molar-refractivity contribution in [2.24, 2.45) is 7.05 Å². The molecule has 2 aliphatic rings. The van der Waals surface area contributed by atoms with Crippen molar-refractivity contribution in [2.45, 2.75) is 43.4 Å². The lowest BCUT2D eigenvalue weighted by molar-refractivity contribution is -0.160. The number of aromatic nitrogens is 6. The Kier molecular flexibility index (Phi) is 10.3. The van der Waals surface area contributed by atoms with Crippen LogP contribution in [0.1, 0.15) is 31.9 Å². The normalized spacial score (nSPS) is 20.4. The summed E-state index contributed by atoms with van der Waals surface area (Å²) in [5.41, 5.74) is 3.66. The lowest BCUT2D eigenvalue weighted by atomic mass is 10.1. The molecule has 0 bridgehead atoms. The number of rotatable bonds is 12. The van der Waals surface area contributed by atoms with E-state index >= 15 is 0 Å². The first-order chi connectivity index (χ1) is 24.7. The first-order valence-electron chi connectivity index (χ1n) is 17.0. The molecule has 0 spiro atoms. The minimum Gasteiger partial charge on any atom is -0.491 e. The van der Waals surface area contributed by atoms with Crippen molar-refractivity contribution in [2.75, 3.05) is 54.9 Å². The van der Waals surface area contributed by atoms with Crippen LogP contribution in [0, 0.1) is 0 Å². The molecular formula is C36H41ClN8O5S. The first-order valence-corrected chi connectivity index (χ1v) is 18.7. The minimum atomic E-state index is -1.54. The van der Waals surface area contributed by atoms with Crippen LogP contribution in [-0.2, 0) is 33.1 Å². The van der Waals surface area contributed by atoms with Gasteiger partial charge in [-0.05, 0) is 74.0 Å². The van der Waals surface area contributed by atoms with Gasteiger partial charge in [0.05, 0.1) is 34.9 Å². The fourth-order valence-electron chi connectivity index (χ4n) is 6.34. The number of ether oxygens (including phenoxy) is 3. The number of anilines is 2. The zero-order valence-electron chi connectivity index (χ0n) is 28.8. The molecule has 0 N–H and O–H groups in total. The van der Waals surface area contributed by atoms with Crippen molar-refractivity contribution in [3.05, 3.63) is 107 Å². The quantitative estimate of drug-likeness (QED) is 0.180. The van der Waals surface area contributed by atoms with E-state index in [2.05, 4.69) is 49.4 Å². The van der Waals surface area contributed by atoms with Gasteiger partial charge in [-0.25, -0.2) is 14.0 Å². The van der Waals surface area contributed by atoms with Gasteiger partial charge in [-0.2, -0.15) is 5.10 Å². The highest BCUT2D eigenvalue weighted by Gasteiger charge is 2.45. The minimum absolute atomic E-state index is 0.0389. The van der Waals surface area contributed by atoms with E-state index in [-0.39, 0.29) is 36.8 Å². The average Bonchev–Trinajstić information content (AvgIpc) is 3.89. The lowest BCUT2D eigenvalue weighted by Gasteiger charge is -2.37. The Hall–Kier alpha value is -4.50. The van der Waals surface area contributed by atoms with Crippen molar-refractivity contribution >= 4 is 33.8 Å². The van der Waals surface area contributed by atoms with Gasteiger partial charge in [0, 0.05) is 55.2 Å². The van der Waals surface area contributed by atoms with E-state index in [0.29, 0.717) is 15.7 Å². The molecule has 0 radical (unpaired) electrons. The fourth-order valence-corrected chi connectivity index (χ4v) is 7.76. The molecule has 13 nitrogen and oxygen atoms in total. The summed E-state index contributed by atoms with van der Waals surface area (Å²) in [4.78, 5) is 17.5. The van der Waals surface area contributed by atoms with Gasteiger partial charge >= 0.3 is 5.69 Å². The number of benzene rings is 3. The molecule has 2 saturated heterocycles. The molecule has 0 amide bonds. The Morgan fingerprint density at radius 2 is 1.57 bits per heavy atom. The molecule has 0 saturated carbocycles. The van der Waals surface area contributed by atoms with Crippen molar-refractivity contribution < 1.29 is 18.4 Å². The molecule has 5 aromatic rings. The van der Waals surface area contributed by atoms with Crippen molar-refractivity contribution in [3.8, 4) is 11.4 Å². The van der Waals surface area contributed by atoms with Crippen molar-refractivity contribution in [3.63, 3.8) is 0 Å². The number of aryl methyl sites for hydroxylation is 1. The SMILES string of the molecule is CCC(C)n1ncn(-c2ccc(N3CCN(c4ccc(OCC5COC(CS(=O)c6nncn6C)(c6ccc(Cl)cc6)O5)cc4)CC3)cc2)c1=O. The van der Waals surface area contributed by atoms with Crippen LogP contribution in [0.5, 0.6) is 5.75 Å². The van der Waals surface area contributed by atoms with Gasteiger partial charge in [-0.15, -0.1) is 10.2 Å². The van der Waals surface area contributed by atoms with Gasteiger partial charge in [-0.3, -0.25) is 4.21 Å². The third-order valence-corrected chi connectivity index (χ3v) is 11.1. The summed E-state index contributed by atoms with van der Waals surface area (Å²) < 4.78 is 36.9. The van der Waals surface area contributed by atoms with Crippen LogP contribution in [0.15, 0.2) is 95.4 Å². The van der Waals surface area contributed by atoms with Gasteiger partial charge in [0.2, 0.25) is 10.9 Å². The van der Waals surface area contributed by atoms with E-state index in [9.17, 15) is 9.00 Å². The standard InChI is InChI=1S/C36H41ClN8O5S/c1-4-26(2)45-35(46)44(25-39-45)31-11-9-29(10-12-31)42-17-19-43(20-18-42)30-13-15-32(16-14-30)48-21-33-22-49-36(50-33,27-5-7-28(37)8-6-27)23-51(47)34-40-38-24-41(34)3/h5-16,24-26,33H,4,17-23H2,1-3H3. The highest BCUT2D eigenvalue weighted by molar-refractivity contribution is 7.84. The molecule has 4 atom stereocenters. The van der Waals surface area contributed by atoms with Gasteiger partial charge in [0.1, 0.15) is 31.1 Å². The second kappa shape index (κ2) is 15.0. The molecule has 268 valence electrons. The van der Waals surface area contributed by atoms with Crippen molar-refractivity contribution in [1.29, 1.82) is 0 Å². The highest BCUT2D eigenvalue weighted by Crippen LogP contribution is 2.37. The highest BCUT2D eigenvalue weighted by atomic mass is 35.5. The third kappa shape index (κ3) is 7.45. The number of halogens is 1. The van der Waals surface area contributed by atoms with E-state index in [1.807, 2.05) is 50.2 Å². The molecule has 2 fully saturated rings. The molecule has 15 heteroatoms. The van der Waals surface area contributed by atoms with Crippen LogP contribution in [0.2, 0.25) is 5.02 Å². The molecule has 4 unspecified atom stereocenters. The molecule has 3 aromatic carbocycles. The second-order valence-electron chi connectivity index (χ2n) is 12.8. The van der Waals surface area contributed by atoms with E-state index in [0.717, 1.165) is 55.4 Å². The van der Waals surface area contributed by atoms with Gasteiger partial charge in [0.15, 0.2) is 0 Å². The summed E-state index contributed by atoms with van der Waals surface area (Å²) >= 11 is 6.15. The predicted molar refractivity (Wildman–Crippen MR) is 195 cm³/mol. The van der Waals surface area contributed by atoms with E-state index in [1.54, 1.807) is 34.6 Å². The number of hydrogen-bond acceptors (Lipinski definition) is 10. The molecule has 4 heterocycles. The van der Waals surface area contributed by atoms with Gasteiger partial charge in [0.25, 0.3) is 0 Å². The van der Waals surface area contributed by atoms with Gasteiger partial charge in [-0.1, -0.05) is 30.7 Å². The Morgan fingerprint density at radius 1 is 0.941 bits per heavy atom. The van der Waals surface area contributed by atoms with E-state index in [4.69, 9.17) is 25.8 Å². The Bertz CT molecular complexity index is 2010. The number of piperazine rings is 1. The molecule has 0 aliphatic carbocycles. The van der Waals surface area contributed by atoms with Crippen LogP contribution < -0.4 is 20.2 Å². The zero-order chi connectivity index (χ0) is 35.5. The summed E-state index contributed by atoms with van der Waals surface area (Å²) in [6.45, 7) is 8.07. The van der Waals surface area contributed by atoms with Crippen molar-refractivity contribution in [1.82, 2.24) is 29.1 Å². The van der Waals surface area contributed by atoms with Crippen LogP contribution >= 0.6 is 11.6 Å². The monoisotopic (exact) mass is 732 g/mol. The second-order valence-corrected chi connectivity index (χ2v) is 14.6. The maximum absolute atomic E-state index is 13.3. The summed E-state index contributed by atoms with van der Waals surface area (Å²) in [5.74, 6) is -0.487. The maximum atomic E-state index is 13.3. The van der Waals surface area contributed by atoms with Crippen LogP contribution in [-0.4, -0.2) is 84.6 Å². The first kappa shape index (κ1) is 34.9. The summed E-state index contributed by atoms with van der Waals surface area (Å²) in [7, 11) is 0.210. The summed E-state index contributed by atoms with van der Waals surface area (Å²) in [6.07, 6.45) is 3.57. The maximum Gasteiger partial charge on any atom is 0.350 e. The van der Waals surface area contributed by atoms with Crippen LogP contribution in [0.25, 0.3) is 5.69 Å². The molecular weight excluding hydrogens is 692 g/mol. The molecule has 2 aromatic heterocycles. The zero-order valence-corrected chi connectivity index (χ0v) is 30.4. The number of hydrogen-bond donors (Lipinski definition) is 0.